The maximum atomic E-state index is 12.0. The van der Waals surface area contributed by atoms with Gasteiger partial charge < -0.3 is 11.1 Å². The molecule has 4 nitrogen and oxygen atoms in total. The third-order valence-electron chi connectivity index (χ3n) is 3.56. The van der Waals surface area contributed by atoms with Gasteiger partial charge in [0, 0.05) is 48.3 Å². The molecule has 1 aromatic rings. The Kier molecular flexibility index (Phi) is 6.02. The third-order valence-corrected chi connectivity index (χ3v) is 4.99. The zero-order valence-electron chi connectivity index (χ0n) is 12.2. The lowest BCUT2D eigenvalue weighted by Gasteiger charge is -2.32. The molecule has 1 aliphatic heterocycles. The molecule has 1 amide bonds. The first-order valence-electron chi connectivity index (χ1n) is 7.08. The highest BCUT2D eigenvalue weighted by Crippen LogP contribution is 2.16. The zero-order chi connectivity index (χ0) is 15.2. The number of amides is 1. The second kappa shape index (κ2) is 7.77. The van der Waals surface area contributed by atoms with Crippen LogP contribution in [0.1, 0.15) is 18.9 Å². The van der Waals surface area contributed by atoms with Crippen LogP contribution in [-0.4, -0.2) is 46.4 Å². The van der Waals surface area contributed by atoms with Gasteiger partial charge in [0.2, 0.25) is 5.91 Å². The van der Waals surface area contributed by atoms with Gasteiger partial charge in [0.05, 0.1) is 0 Å². The van der Waals surface area contributed by atoms with Gasteiger partial charge in [-0.1, -0.05) is 24.4 Å². The fraction of sp³-hybridized carbons (Fsp3) is 0.467. The summed E-state index contributed by atoms with van der Waals surface area (Å²) in [5, 5.41) is 2.91. The van der Waals surface area contributed by atoms with Crippen molar-refractivity contribution in [2.24, 2.45) is 5.73 Å². The number of benzene rings is 1. The maximum Gasteiger partial charge on any atom is 0.225 e. The average Bonchev–Trinajstić information content (AvgIpc) is 2.46. The number of hydrogen-bond donors (Lipinski definition) is 2. The molecule has 114 valence electrons. The van der Waals surface area contributed by atoms with Crippen LogP contribution in [0.5, 0.6) is 0 Å². The van der Waals surface area contributed by atoms with E-state index in [1.165, 1.54) is 0 Å². The number of anilines is 1. The molecule has 1 aromatic carbocycles. The van der Waals surface area contributed by atoms with E-state index in [2.05, 4.69) is 17.1 Å². The fourth-order valence-corrected chi connectivity index (χ4v) is 3.52. The van der Waals surface area contributed by atoms with Gasteiger partial charge in [-0.05, 0) is 19.1 Å². The van der Waals surface area contributed by atoms with Crippen molar-refractivity contribution in [1.82, 2.24) is 4.90 Å². The Hall–Kier alpha value is -1.11. The van der Waals surface area contributed by atoms with Crippen molar-refractivity contribution in [2.45, 2.75) is 19.4 Å². The summed E-state index contributed by atoms with van der Waals surface area (Å²) in [6.45, 7) is 4.09. The molecule has 6 heteroatoms. The van der Waals surface area contributed by atoms with Gasteiger partial charge in [-0.15, -0.1) is 0 Å². The van der Waals surface area contributed by atoms with E-state index >= 15 is 0 Å². The van der Waals surface area contributed by atoms with Crippen LogP contribution in [-0.2, 0) is 4.79 Å². The van der Waals surface area contributed by atoms with Crippen molar-refractivity contribution < 1.29 is 4.79 Å². The van der Waals surface area contributed by atoms with Crippen LogP contribution < -0.4 is 11.1 Å². The van der Waals surface area contributed by atoms with Crippen molar-refractivity contribution in [3.63, 3.8) is 0 Å². The van der Waals surface area contributed by atoms with Gasteiger partial charge >= 0.3 is 0 Å². The molecule has 1 atom stereocenters. The molecule has 1 saturated heterocycles. The Bertz CT molecular complexity index is 521. The Morgan fingerprint density at radius 2 is 2.38 bits per heavy atom. The number of hydrogen-bond acceptors (Lipinski definition) is 4. The minimum Gasteiger partial charge on any atom is -0.389 e. The van der Waals surface area contributed by atoms with Gasteiger partial charge in [-0.2, -0.15) is 11.8 Å². The number of rotatable bonds is 5. The summed E-state index contributed by atoms with van der Waals surface area (Å²) in [4.78, 5) is 14.8. The van der Waals surface area contributed by atoms with Crippen LogP contribution in [0.15, 0.2) is 24.3 Å². The molecule has 1 fully saturated rings. The summed E-state index contributed by atoms with van der Waals surface area (Å²) in [6, 6.07) is 7.88. The average molecular weight is 323 g/mol. The lowest BCUT2D eigenvalue weighted by molar-refractivity contribution is -0.116. The predicted octanol–water partition coefficient (Wildman–Crippen LogP) is 2.09. The number of thioether (sulfide) groups is 1. The van der Waals surface area contributed by atoms with Crippen molar-refractivity contribution in [3.05, 3.63) is 29.8 Å². The number of carbonyl (C=O) groups excluding carboxylic acids is 1. The van der Waals surface area contributed by atoms with Crippen molar-refractivity contribution in [2.75, 3.05) is 29.9 Å². The smallest absolute Gasteiger partial charge is 0.225 e. The molecule has 1 unspecified atom stereocenters. The number of carbonyl (C=O) groups is 1. The molecular formula is C15H21N3OS2. The van der Waals surface area contributed by atoms with E-state index in [0.717, 1.165) is 35.8 Å². The van der Waals surface area contributed by atoms with Gasteiger partial charge in [0.1, 0.15) is 4.99 Å². The topological polar surface area (TPSA) is 58.4 Å². The lowest BCUT2D eigenvalue weighted by Crippen LogP contribution is -2.41. The molecule has 1 heterocycles. The number of nitrogens with zero attached hydrogens (tertiary/aromatic N) is 1. The summed E-state index contributed by atoms with van der Waals surface area (Å²) >= 11 is 6.92. The second-order valence-electron chi connectivity index (χ2n) is 5.20. The monoisotopic (exact) mass is 323 g/mol. The van der Waals surface area contributed by atoms with E-state index in [4.69, 9.17) is 18.0 Å². The largest absolute Gasteiger partial charge is 0.389 e. The first-order valence-corrected chi connectivity index (χ1v) is 8.64. The SMILES string of the molecule is CC1CSCCN1CCC(=O)Nc1cccc(C(N)=S)c1. The summed E-state index contributed by atoms with van der Waals surface area (Å²) in [7, 11) is 0. The van der Waals surface area contributed by atoms with E-state index in [-0.39, 0.29) is 5.91 Å². The molecule has 0 saturated carbocycles. The van der Waals surface area contributed by atoms with Crippen LogP contribution >= 0.6 is 24.0 Å². The standard InChI is InChI=1S/C15H21N3OS2/c1-11-10-21-8-7-18(11)6-5-14(19)17-13-4-2-3-12(9-13)15(16)20/h2-4,9,11H,5-8,10H2,1H3,(H2,16,20)(H,17,19). The summed E-state index contributed by atoms with van der Waals surface area (Å²) < 4.78 is 0. The molecular weight excluding hydrogens is 302 g/mol. The summed E-state index contributed by atoms with van der Waals surface area (Å²) in [5.74, 6) is 2.33. The predicted molar refractivity (Wildman–Crippen MR) is 93.9 cm³/mol. The van der Waals surface area contributed by atoms with Gasteiger partial charge in [-0.3, -0.25) is 9.69 Å². The van der Waals surface area contributed by atoms with Crippen LogP contribution in [0.4, 0.5) is 5.69 Å². The normalized spacial score (nSPS) is 19.2. The molecule has 3 N–H and O–H groups in total. The molecule has 0 radical (unpaired) electrons. The second-order valence-corrected chi connectivity index (χ2v) is 6.79. The van der Waals surface area contributed by atoms with E-state index in [9.17, 15) is 4.79 Å². The van der Waals surface area contributed by atoms with Crippen LogP contribution in [0.25, 0.3) is 0 Å². The molecule has 1 aliphatic rings. The molecule has 0 aromatic heterocycles. The van der Waals surface area contributed by atoms with Crippen molar-refractivity contribution >= 4 is 40.6 Å². The highest BCUT2D eigenvalue weighted by atomic mass is 32.2. The molecule has 0 spiro atoms. The maximum absolute atomic E-state index is 12.0. The summed E-state index contributed by atoms with van der Waals surface area (Å²) in [6.07, 6.45) is 0.506. The Morgan fingerprint density at radius 1 is 1.57 bits per heavy atom. The minimum atomic E-state index is 0.0283. The fourth-order valence-electron chi connectivity index (χ4n) is 2.31. The molecule has 2 rings (SSSR count). The van der Waals surface area contributed by atoms with Crippen LogP contribution in [0.2, 0.25) is 0 Å². The van der Waals surface area contributed by atoms with Gasteiger partial charge in [0.15, 0.2) is 0 Å². The highest BCUT2D eigenvalue weighted by Gasteiger charge is 2.18. The first-order chi connectivity index (χ1) is 10.1. The number of nitrogens with two attached hydrogens (primary N) is 1. The zero-order valence-corrected chi connectivity index (χ0v) is 13.8. The van der Waals surface area contributed by atoms with Gasteiger partial charge in [0.25, 0.3) is 0 Å². The lowest BCUT2D eigenvalue weighted by atomic mass is 10.2. The number of nitrogens with one attached hydrogen (secondary N) is 1. The Balaban J connectivity index is 1.84. The van der Waals surface area contributed by atoms with Crippen molar-refractivity contribution in [1.29, 1.82) is 0 Å². The number of thiocarbonyl (C=S) groups is 1. The van der Waals surface area contributed by atoms with E-state index in [1.807, 2.05) is 30.0 Å². The Morgan fingerprint density at radius 3 is 3.10 bits per heavy atom. The molecule has 0 bridgehead atoms. The summed E-state index contributed by atoms with van der Waals surface area (Å²) in [5.41, 5.74) is 7.11. The van der Waals surface area contributed by atoms with E-state index in [0.29, 0.717) is 17.5 Å². The molecule has 0 aliphatic carbocycles. The Labute approximate surface area is 135 Å². The minimum absolute atomic E-state index is 0.0283. The highest BCUT2D eigenvalue weighted by molar-refractivity contribution is 7.99. The van der Waals surface area contributed by atoms with E-state index in [1.54, 1.807) is 6.07 Å². The first kappa shape index (κ1) is 16.3. The third kappa shape index (κ3) is 4.98. The molecule has 21 heavy (non-hydrogen) atoms. The van der Waals surface area contributed by atoms with Crippen molar-refractivity contribution in [3.8, 4) is 0 Å². The quantitative estimate of drug-likeness (QED) is 0.813. The van der Waals surface area contributed by atoms with Gasteiger partial charge in [-0.25, -0.2) is 0 Å². The van der Waals surface area contributed by atoms with E-state index < -0.39 is 0 Å². The van der Waals surface area contributed by atoms with Crippen LogP contribution in [0, 0.1) is 0 Å². The van der Waals surface area contributed by atoms with Crippen LogP contribution in [0.3, 0.4) is 0 Å².